The number of morpholine rings is 1. The van der Waals surface area contributed by atoms with Crippen molar-refractivity contribution in [2.24, 2.45) is 0 Å². The van der Waals surface area contributed by atoms with Crippen LogP contribution in [0.1, 0.15) is 23.0 Å². The van der Waals surface area contributed by atoms with Gasteiger partial charge in [0.2, 0.25) is 0 Å². The van der Waals surface area contributed by atoms with Crippen LogP contribution in [-0.2, 0) is 11.3 Å². The first-order valence-electron chi connectivity index (χ1n) is 10.7. The van der Waals surface area contributed by atoms with E-state index < -0.39 is 6.04 Å². The van der Waals surface area contributed by atoms with Crippen LogP contribution in [0.5, 0.6) is 5.75 Å². The maximum absolute atomic E-state index is 13.3. The van der Waals surface area contributed by atoms with Crippen LogP contribution in [0.2, 0.25) is 0 Å². The van der Waals surface area contributed by atoms with Crippen molar-refractivity contribution in [3.63, 3.8) is 0 Å². The molecule has 9 nitrogen and oxygen atoms in total. The number of tetrazole rings is 1. The van der Waals surface area contributed by atoms with Gasteiger partial charge in [0, 0.05) is 24.7 Å². The second kappa shape index (κ2) is 9.08. The fraction of sp³-hybridized carbons (Fsp3) is 0.304. The fourth-order valence-corrected chi connectivity index (χ4v) is 4.14. The number of pyridine rings is 1. The van der Waals surface area contributed by atoms with Crippen molar-refractivity contribution in [3.05, 3.63) is 81.7 Å². The van der Waals surface area contributed by atoms with Crippen LogP contribution in [-0.4, -0.2) is 63.5 Å². The number of hydrogen-bond donors (Lipinski definition) is 1. The van der Waals surface area contributed by atoms with Gasteiger partial charge in [0.1, 0.15) is 17.6 Å². The van der Waals surface area contributed by atoms with E-state index in [-0.39, 0.29) is 11.4 Å². The molecule has 1 aliphatic rings. The lowest BCUT2D eigenvalue weighted by Crippen LogP contribution is -2.42. The van der Waals surface area contributed by atoms with Gasteiger partial charge in [-0.05, 0) is 51.7 Å². The number of hydrogen-bond acceptors (Lipinski definition) is 7. The first-order chi connectivity index (χ1) is 16.1. The normalized spacial score (nSPS) is 15.6. The minimum absolute atomic E-state index is 0.219. The number of ether oxygens (including phenoxy) is 2. The summed E-state index contributed by atoms with van der Waals surface area (Å²) < 4.78 is 25.8. The molecule has 0 aliphatic carbocycles. The lowest BCUT2D eigenvalue weighted by Gasteiger charge is -2.33. The summed E-state index contributed by atoms with van der Waals surface area (Å²) in [4.78, 5) is 18.4. The van der Waals surface area contributed by atoms with E-state index in [1.165, 1.54) is 12.1 Å². The number of halogens is 1. The van der Waals surface area contributed by atoms with Crippen molar-refractivity contribution < 1.29 is 13.9 Å². The van der Waals surface area contributed by atoms with Crippen molar-refractivity contribution in [2.75, 3.05) is 33.4 Å². The lowest BCUT2D eigenvalue weighted by atomic mass is 10.0. The van der Waals surface area contributed by atoms with E-state index >= 15 is 0 Å². The largest absolute Gasteiger partial charge is 0.497 e. The maximum Gasteiger partial charge on any atom is 0.253 e. The monoisotopic (exact) mass is 450 g/mol. The van der Waals surface area contributed by atoms with Crippen LogP contribution in [0.15, 0.2) is 53.3 Å². The Morgan fingerprint density at radius 1 is 1.15 bits per heavy atom. The minimum Gasteiger partial charge on any atom is -0.497 e. The predicted molar refractivity (Wildman–Crippen MR) is 119 cm³/mol. The molecule has 2 aromatic heterocycles. The summed E-state index contributed by atoms with van der Waals surface area (Å²) in [6, 6.07) is 13.2. The third kappa shape index (κ3) is 4.35. The van der Waals surface area contributed by atoms with Crippen LogP contribution in [0.25, 0.3) is 10.9 Å². The Balaban J connectivity index is 1.59. The minimum atomic E-state index is -0.473. The van der Waals surface area contributed by atoms with Crippen molar-refractivity contribution in [1.82, 2.24) is 30.1 Å². The molecular weight excluding hydrogens is 427 g/mol. The molecule has 170 valence electrons. The highest BCUT2D eigenvalue weighted by atomic mass is 19.1. The number of methoxy groups -OCH3 is 1. The van der Waals surface area contributed by atoms with Gasteiger partial charge < -0.3 is 14.5 Å². The molecule has 5 rings (SSSR count). The molecule has 33 heavy (non-hydrogen) atoms. The molecule has 0 bridgehead atoms. The van der Waals surface area contributed by atoms with Crippen molar-refractivity contribution in [3.8, 4) is 5.75 Å². The molecule has 0 unspecified atom stereocenters. The van der Waals surface area contributed by atoms with E-state index in [1.807, 2.05) is 18.2 Å². The number of nitrogens with zero attached hydrogens (tertiary/aromatic N) is 5. The van der Waals surface area contributed by atoms with Gasteiger partial charge in [0.05, 0.1) is 32.4 Å². The van der Waals surface area contributed by atoms with Gasteiger partial charge in [0.15, 0.2) is 5.82 Å². The van der Waals surface area contributed by atoms with E-state index in [9.17, 15) is 9.18 Å². The molecule has 2 aromatic carbocycles. The third-order valence-corrected chi connectivity index (χ3v) is 5.84. The molecule has 0 spiro atoms. The lowest BCUT2D eigenvalue weighted by molar-refractivity contribution is 0.0214. The summed E-state index contributed by atoms with van der Waals surface area (Å²) in [5, 5.41) is 13.2. The average Bonchev–Trinajstić information content (AvgIpc) is 3.29. The quantitative estimate of drug-likeness (QED) is 0.481. The van der Waals surface area contributed by atoms with Crippen molar-refractivity contribution in [2.45, 2.75) is 12.6 Å². The highest BCUT2D eigenvalue weighted by Crippen LogP contribution is 2.28. The highest BCUT2D eigenvalue weighted by Gasteiger charge is 2.31. The summed E-state index contributed by atoms with van der Waals surface area (Å²) in [5.41, 5.74) is 1.87. The van der Waals surface area contributed by atoms with Crippen molar-refractivity contribution >= 4 is 10.9 Å². The SMILES string of the molecule is COc1ccc2cc([C@@H](c3nnnn3Cc3ccc(F)cc3)N3CCOCC3)c(=O)[nH]c2c1. The van der Waals surface area contributed by atoms with Crippen LogP contribution in [0.4, 0.5) is 4.39 Å². The van der Waals surface area contributed by atoms with E-state index in [0.717, 1.165) is 10.9 Å². The van der Waals surface area contributed by atoms with Crippen LogP contribution < -0.4 is 10.3 Å². The van der Waals surface area contributed by atoms with Gasteiger partial charge in [-0.15, -0.1) is 5.10 Å². The molecule has 10 heteroatoms. The molecule has 1 N–H and O–H groups in total. The van der Waals surface area contributed by atoms with E-state index in [0.29, 0.717) is 55.5 Å². The Hall–Kier alpha value is -3.63. The number of aromatic amines is 1. The molecule has 0 saturated carbocycles. The van der Waals surface area contributed by atoms with Gasteiger partial charge >= 0.3 is 0 Å². The summed E-state index contributed by atoms with van der Waals surface area (Å²) in [6.45, 7) is 2.73. The van der Waals surface area contributed by atoms with E-state index in [1.54, 1.807) is 30.0 Å². The van der Waals surface area contributed by atoms with Crippen LogP contribution in [0.3, 0.4) is 0 Å². The number of fused-ring (bicyclic) bond motifs is 1. The molecule has 1 saturated heterocycles. The Morgan fingerprint density at radius 2 is 1.94 bits per heavy atom. The zero-order valence-corrected chi connectivity index (χ0v) is 18.1. The average molecular weight is 450 g/mol. The number of aromatic nitrogens is 5. The third-order valence-electron chi connectivity index (χ3n) is 5.84. The summed E-state index contributed by atoms with van der Waals surface area (Å²) in [5.74, 6) is 0.902. The summed E-state index contributed by atoms with van der Waals surface area (Å²) in [7, 11) is 1.59. The Morgan fingerprint density at radius 3 is 2.70 bits per heavy atom. The maximum atomic E-state index is 13.3. The zero-order chi connectivity index (χ0) is 22.8. The molecule has 3 heterocycles. The second-order valence-corrected chi connectivity index (χ2v) is 7.88. The first-order valence-corrected chi connectivity index (χ1v) is 10.7. The van der Waals surface area contributed by atoms with Crippen molar-refractivity contribution in [1.29, 1.82) is 0 Å². The zero-order valence-electron chi connectivity index (χ0n) is 18.1. The standard InChI is InChI=1S/C23H23FN6O3/c1-32-18-7-4-16-12-19(23(31)25-20(16)13-18)21(29-8-10-33-11-9-29)22-26-27-28-30(22)14-15-2-5-17(24)6-3-15/h2-7,12-13,21H,8-11,14H2,1H3,(H,25,31)/t21-/m0/s1. The number of rotatable bonds is 6. The molecule has 0 radical (unpaired) electrons. The van der Waals surface area contributed by atoms with Gasteiger partial charge in [0.25, 0.3) is 5.56 Å². The molecule has 1 aliphatic heterocycles. The number of H-pyrrole nitrogens is 1. The summed E-state index contributed by atoms with van der Waals surface area (Å²) >= 11 is 0. The molecular formula is C23H23FN6O3. The second-order valence-electron chi connectivity index (χ2n) is 7.88. The number of benzene rings is 2. The summed E-state index contributed by atoms with van der Waals surface area (Å²) in [6.07, 6.45) is 0. The van der Waals surface area contributed by atoms with Gasteiger partial charge in [-0.1, -0.05) is 12.1 Å². The first kappa shape index (κ1) is 21.2. The van der Waals surface area contributed by atoms with Gasteiger partial charge in [-0.2, -0.15) is 0 Å². The van der Waals surface area contributed by atoms with Crippen LogP contribution >= 0.6 is 0 Å². The Kier molecular flexibility index (Phi) is 5.84. The van der Waals surface area contributed by atoms with E-state index in [2.05, 4.69) is 25.4 Å². The predicted octanol–water partition coefficient (Wildman–Crippen LogP) is 2.13. The Bertz CT molecular complexity index is 1310. The topological polar surface area (TPSA) is 98.2 Å². The van der Waals surface area contributed by atoms with Gasteiger partial charge in [-0.3, -0.25) is 9.69 Å². The van der Waals surface area contributed by atoms with Gasteiger partial charge in [-0.25, -0.2) is 9.07 Å². The molecule has 1 atom stereocenters. The molecule has 0 amide bonds. The fourth-order valence-electron chi connectivity index (χ4n) is 4.14. The van der Waals surface area contributed by atoms with E-state index in [4.69, 9.17) is 9.47 Å². The smallest absolute Gasteiger partial charge is 0.253 e. The van der Waals surface area contributed by atoms with Crippen LogP contribution in [0, 0.1) is 5.82 Å². The molecule has 4 aromatic rings. The molecule has 1 fully saturated rings. The number of nitrogens with one attached hydrogen (secondary N) is 1. The Labute approximate surface area is 188 Å². The highest BCUT2D eigenvalue weighted by molar-refractivity contribution is 5.80.